The molecule has 5 nitrogen and oxygen atoms in total. The van der Waals surface area contributed by atoms with E-state index in [4.69, 9.17) is 4.74 Å². The van der Waals surface area contributed by atoms with E-state index >= 15 is 0 Å². The van der Waals surface area contributed by atoms with Crippen LogP contribution < -0.4 is 10.2 Å². The minimum Gasteiger partial charge on any atom is -0.495 e. The highest BCUT2D eigenvalue weighted by atomic mass is 79.9. The topological polar surface area (TPSA) is 55.6 Å². The zero-order valence-corrected chi connectivity index (χ0v) is 15.3. The Bertz CT molecular complexity index is 711. The number of methoxy groups -OCH3 is 1. The summed E-state index contributed by atoms with van der Waals surface area (Å²) in [5.74, 6) is 0.481. The lowest BCUT2D eigenvalue weighted by Gasteiger charge is -2.08. The molecular weight excluding hydrogens is 414 g/mol. The number of hydrogen-bond donors (Lipinski definition) is 1. The fourth-order valence-corrected chi connectivity index (χ4v) is 3.37. The lowest BCUT2D eigenvalue weighted by molar-refractivity contribution is -0.120. The van der Waals surface area contributed by atoms with Crippen molar-refractivity contribution in [3.05, 3.63) is 50.7 Å². The van der Waals surface area contributed by atoms with Crippen LogP contribution >= 0.6 is 31.9 Å². The summed E-state index contributed by atoms with van der Waals surface area (Å²) >= 11 is 6.83. The van der Waals surface area contributed by atoms with E-state index in [1.807, 2.05) is 42.1 Å². The number of hydrogen-bond acceptors (Lipinski definition) is 3. The fraction of sp³-hybridized carbons (Fsp3) is 0.200. The van der Waals surface area contributed by atoms with Gasteiger partial charge in [0.15, 0.2) is 0 Å². The largest absolute Gasteiger partial charge is 0.495 e. The molecule has 1 aromatic carbocycles. The highest BCUT2D eigenvalue weighted by Gasteiger charge is 2.08. The van der Waals surface area contributed by atoms with Gasteiger partial charge < -0.3 is 9.30 Å². The van der Waals surface area contributed by atoms with Gasteiger partial charge in [0.25, 0.3) is 0 Å². The standard InChI is InChI=1S/C15H15Br2N3O2/c1-20-5-3-4-12(20)8-14(21)19-18-9-10-6-11(16)7-13(17)15(10)22-2/h3-7,9H,8H2,1-2H3,(H,19,21)/b18-9+. The van der Waals surface area contributed by atoms with Crippen LogP contribution in [0.2, 0.25) is 0 Å². The molecule has 2 aromatic rings. The van der Waals surface area contributed by atoms with Crippen molar-refractivity contribution < 1.29 is 9.53 Å². The van der Waals surface area contributed by atoms with Crippen molar-refractivity contribution in [3.8, 4) is 5.75 Å². The Hall–Kier alpha value is -1.60. The van der Waals surface area contributed by atoms with Crippen molar-refractivity contribution in [2.24, 2.45) is 12.1 Å². The number of aryl methyl sites for hydroxylation is 1. The molecule has 0 unspecified atom stereocenters. The highest BCUT2D eigenvalue weighted by molar-refractivity contribution is 9.11. The van der Waals surface area contributed by atoms with Gasteiger partial charge in [-0.05, 0) is 40.2 Å². The van der Waals surface area contributed by atoms with Crippen LogP contribution in [0.1, 0.15) is 11.3 Å². The number of aromatic nitrogens is 1. The second-order valence-corrected chi connectivity index (χ2v) is 6.36. The second-order valence-electron chi connectivity index (χ2n) is 4.59. The van der Waals surface area contributed by atoms with E-state index in [9.17, 15) is 4.79 Å². The van der Waals surface area contributed by atoms with Crippen LogP contribution in [0.3, 0.4) is 0 Å². The lowest BCUT2D eigenvalue weighted by Crippen LogP contribution is -2.20. The summed E-state index contributed by atoms with van der Waals surface area (Å²) in [6.07, 6.45) is 3.73. The third-order valence-corrected chi connectivity index (χ3v) is 4.07. The molecule has 0 radical (unpaired) electrons. The Morgan fingerprint density at radius 2 is 2.23 bits per heavy atom. The summed E-state index contributed by atoms with van der Waals surface area (Å²) in [6.45, 7) is 0. The first kappa shape index (κ1) is 16.8. The van der Waals surface area contributed by atoms with Crippen molar-refractivity contribution in [3.63, 3.8) is 0 Å². The molecule has 0 saturated heterocycles. The summed E-state index contributed by atoms with van der Waals surface area (Å²) in [4.78, 5) is 11.9. The number of amides is 1. The third-order valence-electron chi connectivity index (χ3n) is 3.03. The molecule has 0 spiro atoms. The van der Waals surface area contributed by atoms with Crippen LogP contribution in [0.5, 0.6) is 5.75 Å². The first-order valence-electron chi connectivity index (χ1n) is 6.46. The molecular formula is C15H15Br2N3O2. The molecule has 1 amide bonds. The SMILES string of the molecule is COc1c(Br)cc(Br)cc1/C=N/NC(=O)Cc1cccn1C. The molecule has 0 fully saturated rings. The highest BCUT2D eigenvalue weighted by Crippen LogP contribution is 2.31. The average molecular weight is 429 g/mol. The molecule has 22 heavy (non-hydrogen) atoms. The van der Waals surface area contributed by atoms with Gasteiger partial charge in [0.1, 0.15) is 5.75 Å². The molecule has 2 rings (SSSR count). The van der Waals surface area contributed by atoms with Gasteiger partial charge in [0.05, 0.1) is 24.2 Å². The van der Waals surface area contributed by atoms with Gasteiger partial charge >= 0.3 is 0 Å². The molecule has 0 saturated carbocycles. The lowest BCUT2D eigenvalue weighted by atomic mass is 10.2. The summed E-state index contributed by atoms with van der Waals surface area (Å²) in [6, 6.07) is 7.54. The van der Waals surface area contributed by atoms with Gasteiger partial charge in [0.2, 0.25) is 5.91 Å². The summed E-state index contributed by atoms with van der Waals surface area (Å²) < 4.78 is 8.91. The van der Waals surface area contributed by atoms with Crippen molar-refractivity contribution in [1.29, 1.82) is 0 Å². The molecule has 0 aliphatic carbocycles. The Morgan fingerprint density at radius 3 is 2.86 bits per heavy atom. The normalized spacial score (nSPS) is 10.9. The average Bonchev–Trinajstić information content (AvgIpc) is 2.84. The quantitative estimate of drug-likeness (QED) is 0.587. The van der Waals surface area contributed by atoms with E-state index in [0.29, 0.717) is 5.75 Å². The molecule has 116 valence electrons. The second kappa shape index (κ2) is 7.60. The molecule has 0 atom stereocenters. The summed E-state index contributed by atoms with van der Waals surface area (Å²) in [5.41, 5.74) is 4.20. The molecule has 1 heterocycles. The molecule has 1 aromatic heterocycles. The maximum atomic E-state index is 11.9. The van der Waals surface area contributed by atoms with Crippen molar-refractivity contribution in [2.45, 2.75) is 6.42 Å². The van der Waals surface area contributed by atoms with Crippen LogP contribution in [0.15, 0.2) is 44.5 Å². The number of benzene rings is 1. The fourth-order valence-electron chi connectivity index (χ4n) is 1.95. The van der Waals surface area contributed by atoms with Gasteiger partial charge in [-0.3, -0.25) is 4.79 Å². The summed E-state index contributed by atoms with van der Waals surface area (Å²) in [5, 5.41) is 3.99. The number of hydrazone groups is 1. The van der Waals surface area contributed by atoms with Crippen LogP contribution in [0, 0.1) is 0 Å². The summed E-state index contributed by atoms with van der Waals surface area (Å²) in [7, 11) is 3.48. The van der Waals surface area contributed by atoms with Crippen LogP contribution in [-0.4, -0.2) is 23.8 Å². The zero-order valence-electron chi connectivity index (χ0n) is 12.1. The smallest absolute Gasteiger partial charge is 0.245 e. The van der Waals surface area contributed by atoms with E-state index in [-0.39, 0.29) is 12.3 Å². The predicted molar refractivity (Wildman–Crippen MR) is 93.2 cm³/mol. The van der Waals surface area contributed by atoms with Gasteiger partial charge in [-0.15, -0.1) is 0 Å². The van der Waals surface area contributed by atoms with Crippen molar-refractivity contribution >= 4 is 44.0 Å². The van der Waals surface area contributed by atoms with Crippen molar-refractivity contribution in [1.82, 2.24) is 9.99 Å². The number of nitrogens with zero attached hydrogens (tertiary/aromatic N) is 2. The monoisotopic (exact) mass is 427 g/mol. The van der Waals surface area contributed by atoms with Gasteiger partial charge in [0, 0.05) is 29.0 Å². The van der Waals surface area contributed by atoms with Crippen LogP contribution in [-0.2, 0) is 18.3 Å². The first-order chi connectivity index (χ1) is 10.5. The number of rotatable bonds is 5. The maximum Gasteiger partial charge on any atom is 0.245 e. The Balaban J connectivity index is 2.03. The Morgan fingerprint density at radius 1 is 1.45 bits per heavy atom. The van der Waals surface area contributed by atoms with E-state index in [1.165, 1.54) is 0 Å². The van der Waals surface area contributed by atoms with E-state index in [1.54, 1.807) is 13.3 Å². The van der Waals surface area contributed by atoms with Crippen LogP contribution in [0.25, 0.3) is 0 Å². The van der Waals surface area contributed by atoms with Gasteiger partial charge in [-0.25, -0.2) is 5.43 Å². The number of carbonyl (C=O) groups is 1. The first-order valence-corrected chi connectivity index (χ1v) is 8.05. The molecule has 0 aliphatic heterocycles. The zero-order chi connectivity index (χ0) is 16.1. The van der Waals surface area contributed by atoms with E-state index in [0.717, 1.165) is 20.2 Å². The molecule has 1 N–H and O–H groups in total. The maximum absolute atomic E-state index is 11.9. The number of carbonyl (C=O) groups excluding carboxylic acids is 1. The molecule has 0 aliphatic rings. The number of ether oxygens (including phenoxy) is 1. The minimum absolute atomic E-state index is 0.175. The van der Waals surface area contributed by atoms with E-state index < -0.39 is 0 Å². The Labute approximate surface area is 145 Å². The predicted octanol–water partition coefficient (Wildman–Crippen LogP) is 3.25. The Kier molecular flexibility index (Phi) is 5.79. The van der Waals surface area contributed by atoms with Crippen molar-refractivity contribution in [2.75, 3.05) is 7.11 Å². The van der Waals surface area contributed by atoms with Crippen LogP contribution in [0.4, 0.5) is 0 Å². The third kappa shape index (κ3) is 4.20. The van der Waals surface area contributed by atoms with E-state index in [2.05, 4.69) is 42.4 Å². The minimum atomic E-state index is -0.175. The molecule has 7 heteroatoms. The number of nitrogens with one attached hydrogen (secondary N) is 1. The van der Waals surface area contributed by atoms with Gasteiger partial charge in [-0.1, -0.05) is 15.9 Å². The molecule has 0 bridgehead atoms. The number of halogens is 2. The van der Waals surface area contributed by atoms with Gasteiger partial charge in [-0.2, -0.15) is 5.10 Å².